The Morgan fingerprint density at radius 3 is 1.79 bits per heavy atom. The van der Waals surface area contributed by atoms with Gasteiger partial charge < -0.3 is 35.3 Å². The van der Waals surface area contributed by atoms with E-state index < -0.39 is 55.3 Å². The molecule has 0 bridgehead atoms. The van der Waals surface area contributed by atoms with Crippen molar-refractivity contribution in [1.29, 1.82) is 0 Å². The number of carbonyl (C=O) groups excluding carboxylic acids is 1. The Morgan fingerprint density at radius 2 is 1.30 bits per heavy atom. The van der Waals surface area contributed by atoms with Gasteiger partial charge in [-0.3, -0.25) is 4.79 Å². The zero-order valence-corrected chi connectivity index (χ0v) is 44.1. The summed E-state index contributed by atoms with van der Waals surface area (Å²) >= 11 is 0. The number of hydrogen-bond acceptors (Lipinski definition) is 13. The van der Waals surface area contributed by atoms with Gasteiger partial charge in [-0.05, 0) is 103 Å². The molecule has 0 saturated heterocycles. The summed E-state index contributed by atoms with van der Waals surface area (Å²) < 4.78 is 79.4. The SMILES string of the molecule is COc1ccc(CN(Cc2ccc(OC)cc2)S(=O)(=O)c2c(S(=O)(=O)CC[Si](C)(C)C)ccc(-c3cccc(NC(=O)CCN(C(=O)O)C(C)(C)C)c3N)c2-c2nnn(Cc3ccc(OC)cc3)n2)cc1. The van der Waals surface area contributed by atoms with Gasteiger partial charge in [0.15, 0.2) is 9.84 Å². The largest absolute Gasteiger partial charge is 0.497 e. The monoisotopic (exact) mass is 1030 g/mol. The summed E-state index contributed by atoms with van der Waals surface area (Å²) in [6, 6.07) is 28.8. The topological polar surface area (TPSA) is 238 Å². The minimum Gasteiger partial charge on any atom is -0.497 e. The Balaban J connectivity index is 1.61. The fourth-order valence-electron chi connectivity index (χ4n) is 7.64. The van der Waals surface area contributed by atoms with Crippen molar-refractivity contribution in [2.75, 3.05) is 44.7 Å². The van der Waals surface area contributed by atoms with E-state index >= 15 is 8.42 Å². The first-order valence-corrected chi connectivity index (χ1v) is 29.5. The highest BCUT2D eigenvalue weighted by Gasteiger charge is 2.39. The van der Waals surface area contributed by atoms with Crippen LogP contribution >= 0.6 is 0 Å². The summed E-state index contributed by atoms with van der Waals surface area (Å²) in [4.78, 5) is 26.9. The number of rotatable bonds is 21. The summed E-state index contributed by atoms with van der Waals surface area (Å²) in [5.74, 6) is 0.647. The van der Waals surface area contributed by atoms with Crippen molar-refractivity contribution in [3.63, 3.8) is 0 Å². The number of ether oxygens (including phenoxy) is 3. The number of hydrogen-bond donors (Lipinski definition) is 3. The molecular weight excluding hydrogens is 965 g/mol. The highest BCUT2D eigenvalue weighted by atomic mass is 32.2. The van der Waals surface area contributed by atoms with Gasteiger partial charge in [0, 0.05) is 45.2 Å². The van der Waals surface area contributed by atoms with Crippen molar-refractivity contribution in [1.82, 2.24) is 29.4 Å². The number of carboxylic acid groups (broad SMARTS) is 1. The molecule has 71 heavy (non-hydrogen) atoms. The standard InChI is InChI=1S/C50H62N8O10S2Si/c1-50(2,3)57(49(60)61)28-27-44(59)52-42-12-10-11-41(46(42)51)40-25-26-43(69(62,63)29-30-71(7,8)9)47(45(40)48-53-55-58(54-48)33-36-17-23-39(68-6)24-18-36)70(64,65)56(31-34-13-19-37(66-4)20-14-34)32-35-15-21-38(67-5)22-16-35/h10-26H,27-33,51H2,1-9H3,(H,52,59)(H,60,61). The number of sulfone groups is 1. The van der Waals surface area contributed by atoms with Gasteiger partial charge in [0.05, 0.1) is 55.5 Å². The maximum Gasteiger partial charge on any atom is 0.407 e. The average molecular weight is 1030 g/mol. The minimum absolute atomic E-state index is 0.00430. The molecule has 0 saturated carbocycles. The Hall–Kier alpha value is -6.81. The lowest BCUT2D eigenvalue weighted by Crippen LogP contribution is -2.46. The van der Waals surface area contributed by atoms with Crippen LogP contribution in [0.1, 0.15) is 43.9 Å². The summed E-state index contributed by atoms with van der Waals surface area (Å²) in [5.41, 5.74) is 8.36. The van der Waals surface area contributed by atoms with Crippen LogP contribution in [-0.2, 0) is 44.3 Å². The van der Waals surface area contributed by atoms with Crippen LogP contribution in [0.3, 0.4) is 0 Å². The molecule has 2 amide bonds. The molecule has 1 aromatic heterocycles. The Morgan fingerprint density at radius 1 is 0.761 bits per heavy atom. The van der Waals surface area contributed by atoms with Gasteiger partial charge in [-0.15, -0.1) is 10.2 Å². The first-order valence-electron chi connectivity index (χ1n) is 22.7. The third kappa shape index (κ3) is 13.3. The van der Waals surface area contributed by atoms with E-state index in [4.69, 9.17) is 25.0 Å². The van der Waals surface area contributed by atoms with E-state index in [1.54, 1.807) is 107 Å². The van der Waals surface area contributed by atoms with Crippen LogP contribution in [0.25, 0.3) is 22.5 Å². The van der Waals surface area contributed by atoms with Crippen molar-refractivity contribution in [2.45, 2.75) is 87.8 Å². The second kappa shape index (κ2) is 22.1. The number of nitrogen functional groups attached to an aromatic ring is 1. The lowest BCUT2D eigenvalue weighted by Gasteiger charge is -2.32. The van der Waals surface area contributed by atoms with Crippen LogP contribution in [0.5, 0.6) is 17.2 Å². The number of amides is 2. The molecular formula is C50H62N8O10S2Si. The zero-order valence-electron chi connectivity index (χ0n) is 41.5. The number of nitrogens with zero attached hydrogens (tertiary/aromatic N) is 6. The molecule has 1 heterocycles. The van der Waals surface area contributed by atoms with Gasteiger partial charge in [0.2, 0.25) is 21.8 Å². The molecule has 21 heteroatoms. The van der Waals surface area contributed by atoms with Crippen LogP contribution in [0.15, 0.2) is 113 Å². The second-order valence-corrected chi connectivity index (χ2v) is 28.6. The third-order valence-corrected chi connectivity index (χ3v) is 17.5. The summed E-state index contributed by atoms with van der Waals surface area (Å²) in [7, 11) is -6.74. The quantitative estimate of drug-likeness (QED) is 0.0454. The average Bonchev–Trinajstić information content (AvgIpc) is 3.79. The Kier molecular flexibility index (Phi) is 16.7. The fourth-order valence-corrected chi connectivity index (χ4v) is 14.4. The van der Waals surface area contributed by atoms with Crippen molar-refractivity contribution in [2.24, 2.45) is 0 Å². The zero-order chi connectivity index (χ0) is 51.9. The van der Waals surface area contributed by atoms with Crippen LogP contribution in [0, 0.1) is 0 Å². The predicted molar refractivity (Wildman–Crippen MR) is 276 cm³/mol. The number of benzene rings is 5. The van der Waals surface area contributed by atoms with Crippen molar-refractivity contribution >= 4 is 51.3 Å². The molecule has 0 fully saturated rings. The van der Waals surface area contributed by atoms with Crippen LogP contribution in [0.4, 0.5) is 16.2 Å². The molecule has 5 aromatic carbocycles. The first-order chi connectivity index (χ1) is 33.4. The molecule has 0 aliphatic carbocycles. The summed E-state index contributed by atoms with van der Waals surface area (Å²) in [6.45, 7) is 10.9. The molecule has 6 rings (SSSR count). The fraction of sp³-hybridized carbons (Fsp3) is 0.340. The summed E-state index contributed by atoms with van der Waals surface area (Å²) in [6.07, 6.45) is -1.39. The van der Waals surface area contributed by atoms with E-state index in [1.165, 1.54) is 35.5 Å². The lowest BCUT2D eigenvalue weighted by atomic mass is 9.97. The number of aromatic nitrogens is 4. The molecule has 0 aliphatic heterocycles. The number of sulfonamides is 1. The Bertz CT molecular complexity index is 3020. The lowest BCUT2D eigenvalue weighted by molar-refractivity contribution is -0.116. The van der Waals surface area contributed by atoms with E-state index in [-0.39, 0.29) is 72.2 Å². The molecule has 6 aromatic rings. The third-order valence-electron chi connectivity index (χ3n) is 11.6. The Labute approximate surface area is 416 Å². The molecule has 0 unspecified atom stereocenters. The normalized spacial score (nSPS) is 12.1. The maximum atomic E-state index is 16.1. The molecule has 0 radical (unpaired) electrons. The number of nitrogens with two attached hydrogens (primary N) is 1. The van der Waals surface area contributed by atoms with Gasteiger partial charge in [-0.25, -0.2) is 21.6 Å². The molecule has 0 atom stereocenters. The van der Waals surface area contributed by atoms with Gasteiger partial charge in [0.1, 0.15) is 22.1 Å². The van der Waals surface area contributed by atoms with E-state index in [1.807, 2.05) is 31.8 Å². The predicted octanol–water partition coefficient (Wildman–Crippen LogP) is 8.27. The highest BCUT2D eigenvalue weighted by molar-refractivity contribution is 7.93. The number of para-hydroxylation sites is 1. The van der Waals surface area contributed by atoms with Crippen LogP contribution in [0.2, 0.25) is 25.7 Å². The van der Waals surface area contributed by atoms with Crippen LogP contribution in [-0.4, -0.2) is 111 Å². The first kappa shape index (κ1) is 53.5. The minimum atomic E-state index is -4.93. The number of nitrogens with one attached hydrogen (secondary N) is 1. The van der Waals surface area contributed by atoms with Crippen molar-refractivity contribution in [3.8, 4) is 39.8 Å². The molecule has 18 nitrogen and oxygen atoms in total. The molecule has 378 valence electrons. The number of carbonyl (C=O) groups is 2. The van der Waals surface area contributed by atoms with Crippen LogP contribution < -0.4 is 25.3 Å². The van der Waals surface area contributed by atoms with Gasteiger partial charge >= 0.3 is 6.09 Å². The molecule has 0 aliphatic rings. The molecule has 4 N–H and O–H groups in total. The van der Waals surface area contributed by atoms with Gasteiger partial charge in [0.25, 0.3) is 0 Å². The second-order valence-electron chi connectivity index (χ2n) is 19.1. The van der Waals surface area contributed by atoms with E-state index in [0.29, 0.717) is 34.4 Å². The number of tetrazole rings is 1. The van der Waals surface area contributed by atoms with E-state index in [2.05, 4.69) is 15.6 Å². The van der Waals surface area contributed by atoms with Gasteiger partial charge in [-0.1, -0.05) is 74.2 Å². The molecule has 0 spiro atoms. The van der Waals surface area contributed by atoms with E-state index in [9.17, 15) is 23.1 Å². The van der Waals surface area contributed by atoms with Crippen molar-refractivity contribution < 1.29 is 45.7 Å². The number of anilines is 2. The van der Waals surface area contributed by atoms with Crippen molar-refractivity contribution in [3.05, 3.63) is 120 Å². The van der Waals surface area contributed by atoms with Gasteiger partial charge in [-0.2, -0.15) is 9.10 Å². The summed E-state index contributed by atoms with van der Waals surface area (Å²) in [5, 5.41) is 26.1. The van der Waals surface area contributed by atoms with E-state index in [0.717, 1.165) is 10.5 Å². The smallest absolute Gasteiger partial charge is 0.407 e. The number of methoxy groups -OCH3 is 3. The highest BCUT2D eigenvalue weighted by Crippen LogP contribution is 2.44. The maximum absolute atomic E-state index is 16.1.